The van der Waals surface area contributed by atoms with E-state index in [0.29, 0.717) is 6.61 Å². The second-order valence-electron chi connectivity index (χ2n) is 4.16. The average molecular weight is 262 g/mol. The number of aliphatic hydroxyl groups is 1. The van der Waals surface area contributed by atoms with E-state index in [-0.39, 0.29) is 23.9 Å². The van der Waals surface area contributed by atoms with E-state index in [0.717, 1.165) is 19.0 Å². The lowest BCUT2D eigenvalue weighted by molar-refractivity contribution is -0.142. The van der Waals surface area contributed by atoms with Crippen LogP contribution in [0.5, 0.6) is 0 Å². The van der Waals surface area contributed by atoms with Crippen LogP contribution in [0.15, 0.2) is 6.20 Å². The summed E-state index contributed by atoms with van der Waals surface area (Å²) in [5, 5.41) is 8.85. The molecule has 2 rings (SSSR count). The molecular weight excluding hydrogens is 249 g/mol. The molecule has 1 aromatic heterocycles. The first-order valence-corrected chi connectivity index (χ1v) is 5.65. The Kier molecular flexibility index (Phi) is 3.82. The van der Waals surface area contributed by atoms with Gasteiger partial charge in [0.15, 0.2) is 5.69 Å². The molecule has 7 heteroatoms. The fourth-order valence-corrected chi connectivity index (χ4v) is 1.91. The van der Waals surface area contributed by atoms with Gasteiger partial charge in [-0.1, -0.05) is 0 Å². The van der Waals surface area contributed by atoms with Gasteiger partial charge in [-0.2, -0.15) is 13.2 Å². The van der Waals surface area contributed by atoms with Crippen LogP contribution in [0.3, 0.4) is 0 Å². The molecule has 1 unspecified atom stereocenters. The largest absolute Gasteiger partial charge is 0.433 e. The van der Waals surface area contributed by atoms with Gasteiger partial charge in [0.05, 0.1) is 12.7 Å². The quantitative estimate of drug-likeness (QED) is 0.901. The van der Waals surface area contributed by atoms with Crippen LogP contribution in [0.25, 0.3) is 0 Å². The van der Waals surface area contributed by atoms with Crippen LogP contribution in [0.1, 0.15) is 29.9 Å². The van der Waals surface area contributed by atoms with Crippen molar-refractivity contribution in [2.45, 2.75) is 38.1 Å². The van der Waals surface area contributed by atoms with Gasteiger partial charge in [-0.3, -0.25) is 0 Å². The van der Waals surface area contributed by atoms with Crippen molar-refractivity contribution in [3.63, 3.8) is 0 Å². The molecule has 1 atom stereocenters. The highest BCUT2D eigenvalue weighted by Gasteiger charge is 2.36. The van der Waals surface area contributed by atoms with Gasteiger partial charge in [0, 0.05) is 24.8 Å². The minimum atomic E-state index is -4.58. The Labute approximate surface area is 102 Å². The van der Waals surface area contributed by atoms with Crippen LogP contribution in [-0.4, -0.2) is 27.8 Å². The minimum absolute atomic E-state index is 0.103. The highest BCUT2D eigenvalue weighted by atomic mass is 19.4. The molecule has 100 valence electrons. The number of halogens is 3. The summed E-state index contributed by atoms with van der Waals surface area (Å²) >= 11 is 0. The second kappa shape index (κ2) is 5.19. The molecule has 1 N–H and O–H groups in total. The predicted octanol–water partition coefficient (Wildman–Crippen LogP) is 1.71. The zero-order chi connectivity index (χ0) is 13.2. The van der Waals surface area contributed by atoms with Crippen molar-refractivity contribution >= 4 is 0 Å². The third-order valence-corrected chi connectivity index (χ3v) is 2.79. The van der Waals surface area contributed by atoms with E-state index in [4.69, 9.17) is 9.84 Å². The number of hydrogen-bond donors (Lipinski definition) is 1. The van der Waals surface area contributed by atoms with Crippen molar-refractivity contribution < 1.29 is 23.0 Å². The van der Waals surface area contributed by atoms with Crippen LogP contribution in [-0.2, 0) is 23.9 Å². The Morgan fingerprint density at radius 3 is 2.78 bits per heavy atom. The molecule has 4 nitrogen and oxygen atoms in total. The SMILES string of the molecule is OCc1cnc(CC2CCCO2)nc1C(F)(F)F. The Balaban J connectivity index is 2.22. The summed E-state index contributed by atoms with van der Waals surface area (Å²) in [5.74, 6) is 0.103. The molecular formula is C11H13F3N2O2. The van der Waals surface area contributed by atoms with E-state index >= 15 is 0 Å². The normalized spacial score (nSPS) is 20.3. The maximum atomic E-state index is 12.7. The number of hydrogen-bond acceptors (Lipinski definition) is 4. The zero-order valence-corrected chi connectivity index (χ0v) is 9.57. The maximum absolute atomic E-state index is 12.7. The molecule has 0 saturated carbocycles. The second-order valence-corrected chi connectivity index (χ2v) is 4.16. The molecule has 1 fully saturated rings. The smallest absolute Gasteiger partial charge is 0.392 e. The Morgan fingerprint density at radius 2 is 2.22 bits per heavy atom. The van der Waals surface area contributed by atoms with Crippen molar-refractivity contribution in [1.29, 1.82) is 0 Å². The molecule has 0 amide bonds. The molecule has 0 aliphatic carbocycles. The van der Waals surface area contributed by atoms with Crippen LogP contribution in [0.4, 0.5) is 13.2 Å². The van der Waals surface area contributed by atoms with Crippen molar-refractivity contribution in [1.82, 2.24) is 9.97 Å². The van der Waals surface area contributed by atoms with Gasteiger partial charge in [-0.25, -0.2) is 9.97 Å². The van der Waals surface area contributed by atoms with Crippen LogP contribution < -0.4 is 0 Å². The first-order chi connectivity index (χ1) is 8.50. The average Bonchev–Trinajstić information content (AvgIpc) is 2.80. The number of alkyl halides is 3. The summed E-state index contributed by atoms with van der Waals surface area (Å²) in [7, 11) is 0. The Bertz CT molecular complexity index is 417. The highest BCUT2D eigenvalue weighted by molar-refractivity contribution is 5.20. The molecule has 1 aromatic rings. The zero-order valence-electron chi connectivity index (χ0n) is 9.57. The lowest BCUT2D eigenvalue weighted by atomic mass is 10.1. The summed E-state index contributed by atoms with van der Waals surface area (Å²) in [6.07, 6.45) is -1.66. The molecule has 0 aromatic carbocycles. The predicted molar refractivity (Wildman–Crippen MR) is 55.6 cm³/mol. The van der Waals surface area contributed by atoms with Gasteiger partial charge in [-0.05, 0) is 12.8 Å². The first-order valence-electron chi connectivity index (χ1n) is 5.65. The number of aliphatic hydroxyl groups excluding tert-OH is 1. The number of nitrogens with zero attached hydrogens (tertiary/aromatic N) is 2. The summed E-state index contributed by atoms with van der Waals surface area (Å²) < 4.78 is 43.4. The van der Waals surface area contributed by atoms with Crippen LogP contribution in [0, 0.1) is 0 Å². The third kappa shape index (κ3) is 2.97. The van der Waals surface area contributed by atoms with Crippen LogP contribution in [0.2, 0.25) is 0 Å². The van der Waals surface area contributed by atoms with E-state index in [1.54, 1.807) is 0 Å². The lowest BCUT2D eigenvalue weighted by Gasteiger charge is -2.13. The molecule has 2 heterocycles. The van der Waals surface area contributed by atoms with Crippen molar-refractivity contribution in [3.8, 4) is 0 Å². The maximum Gasteiger partial charge on any atom is 0.433 e. The topological polar surface area (TPSA) is 55.2 Å². The van der Waals surface area contributed by atoms with Gasteiger partial charge in [-0.15, -0.1) is 0 Å². The van der Waals surface area contributed by atoms with E-state index in [9.17, 15) is 13.2 Å². The Morgan fingerprint density at radius 1 is 1.44 bits per heavy atom. The van der Waals surface area contributed by atoms with Crippen molar-refractivity contribution in [2.75, 3.05) is 6.61 Å². The minimum Gasteiger partial charge on any atom is -0.392 e. The van der Waals surface area contributed by atoms with E-state index < -0.39 is 18.5 Å². The van der Waals surface area contributed by atoms with Crippen LogP contribution >= 0.6 is 0 Å². The van der Waals surface area contributed by atoms with Gasteiger partial charge in [0.25, 0.3) is 0 Å². The number of aromatic nitrogens is 2. The fourth-order valence-electron chi connectivity index (χ4n) is 1.91. The fraction of sp³-hybridized carbons (Fsp3) is 0.636. The molecule has 1 aliphatic rings. The summed E-state index contributed by atoms with van der Waals surface area (Å²) in [5.41, 5.74) is -1.37. The van der Waals surface area contributed by atoms with Gasteiger partial charge in [0.2, 0.25) is 0 Å². The van der Waals surface area contributed by atoms with Gasteiger partial charge >= 0.3 is 6.18 Å². The monoisotopic (exact) mass is 262 g/mol. The molecule has 1 saturated heterocycles. The Hall–Kier alpha value is -1.21. The summed E-state index contributed by atoms with van der Waals surface area (Å²) in [6.45, 7) is -0.0967. The lowest BCUT2D eigenvalue weighted by Crippen LogP contribution is -2.18. The van der Waals surface area contributed by atoms with E-state index in [2.05, 4.69) is 9.97 Å². The first kappa shape index (κ1) is 13.2. The third-order valence-electron chi connectivity index (χ3n) is 2.79. The molecule has 1 aliphatic heterocycles. The number of rotatable bonds is 3. The van der Waals surface area contributed by atoms with Gasteiger partial charge in [0.1, 0.15) is 5.82 Å². The highest BCUT2D eigenvalue weighted by Crippen LogP contribution is 2.30. The summed E-state index contributed by atoms with van der Waals surface area (Å²) in [4.78, 5) is 7.34. The molecule has 0 radical (unpaired) electrons. The number of ether oxygens (including phenoxy) is 1. The molecule has 0 spiro atoms. The van der Waals surface area contributed by atoms with Crippen molar-refractivity contribution in [2.24, 2.45) is 0 Å². The van der Waals surface area contributed by atoms with E-state index in [1.165, 1.54) is 0 Å². The molecule has 0 bridgehead atoms. The van der Waals surface area contributed by atoms with E-state index in [1.807, 2.05) is 0 Å². The summed E-state index contributed by atoms with van der Waals surface area (Å²) in [6, 6.07) is 0. The molecule has 18 heavy (non-hydrogen) atoms. The standard InChI is InChI=1S/C11H13F3N2O2/c12-11(13,14)10-7(6-17)5-15-9(16-10)4-8-2-1-3-18-8/h5,8,17H,1-4,6H2. The van der Waals surface area contributed by atoms with Gasteiger partial charge < -0.3 is 9.84 Å². The van der Waals surface area contributed by atoms with Crippen molar-refractivity contribution in [3.05, 3.63) is 23.3 Å².